The molecule has 2 nitrogen and oxygen atoms in total. The molecule has 0 aromatic rings. The minimum atomic E-state index is 0.473. The van der Waals surface area contributed by atoms with Gasteiger partial charge in [-0.15, -0.1) is 0 Å². The molecule has 4 aliphatic rings. The number of piperidine rings is 1. The number of carbonyl (C=O) groups excluding carboxylic acids is 1. The highest BCUT2D eigenvalue weighted by molar-refractivity contribution is 5.81. The number of hydrogen-bond acceptors (Lipinski definition) is 2. The molecule has 3 fully saturated rings. The third kappa shape index (κ3) is 1.67. The number of allylic oxidation sites excluding steroid dienone is 2. The molecule has 1 saturated carbocycles. The number of nitrogens with zero attached hydrogens (tertiary/aromatic N) is 1. The van der Waals surface area contributed by atoms with Crippen molar-refractivity contribution in [3.05, 3.63) is 23.8 Å². The fourth-order valence-electron chi connectivity index (χ4n) is 3.01. The zero-order valence-electron chi connectivity index (χ0n) is 8.98. The van der Waals surface area contributed by atoms with Gasteiger partial charge >= 0.3 is 0 Å². The summed E-state index contributed by atoms with van der Waals surface area (Å²) in [6, 6.07) is 1.12. The zero-order valence-corrected chi connectivity index (χ0v) is 8.98. The van der Waals surface area contributed by atoms with Crippen LogP contribution in [0.4, 0.5) is 0 Å². The first-order valence-corrected chi connectivity index (χ1v) is 5.96. The van der Waals surface area contributed by atoms with Gasteiger partial charge in [-0.05, 0) is 24.8 Å². The highest BCUT2D eigenvalue weighted by Gasteiger charge is 2.44. The highest BCUT2D eigenvalue weighted by Crippen LogP contribution is 2.37. The Hall–Kier alpha value is -0.890. The number of Topliss-reactive ketones (excluding diaryl/α,β-unsaturated/α-hetero) is 1. The van der Waals surface area contributed by atoms with Crippen molar-refractivity contribution in [2.45, 2.75) is 44.2 Å². The maximum absolute atomic E-state index is 11.3. The average Bonchev–Trinajstić information content (AvgIpc) is 2.27. The van der Waals surface area contributed by atoms with Gasteiger partial charge in [0.05, 0.1) is 0 Å². The zero-order chi connectivity index (χ0) is 10.3. The van der Waals surface area contributed by atoms with Crippen molar-refractivity contribution in [1.82, 2.24) is 4.90 Å². The Labute approximate surface area is 90.6 Å². The van der Waals surface area contributed by atoms with E-state index in [1.807, 2.05) is 0 Å². The SMILES string of the molecule is O=C1CC2CC(C1)N2CC1=CCCC=C1. The first kappa shape index (κ1) is 9.34. The van der Waals surface area contributed by atoms with Crippen LogP contribution in [0.1, 0.15) is 32.1 Å². The van der Waals surface area contributed by atoms with Gasteiger partial charge in [0, 0.05) is 31.5 Å². The monoisotopic (exact) mass is 203 g/mol. The molecule has 4 rings (SSSR count). The molecule has 0 aromatic heterocycles. The second-order valence-electron chi connectivity index (χ2n) is 4.92. The largest absolute Gasteiger partial charge is 0.300 e. The number of hydrogen-bond donors (Lipinski definition) is 0. The fourth-order valence-corrected chi connectivity index (χ4v) is 3.01. The summed E-state index contributed by atoms with van der Waals surface area (Å²) >= 11 is 0. The Balaban J connectivity index is 1.63. The Morgan fingerprint density at radius 3 is 2.73 bits per heavy atom. The Kier molecular flexibility index (Phi) is 2.24. The number of carbonyl (C=O) groups is 1. The van der Waals surface area contributed by atoms with E-state index in [1.165, 1.54) is 24.8 Å². The smallest absolute Gasteiger partial charge is 0.136 e. The molecule has 2 saturated heterocycles. The van der Waals surface area contributed by atoms with E-state index in [-0.39, 0.29) is 0 Å². The summed E-state index contributed by atoms with van der Waals surface area (Å²) in [4.78, 5) is 13.8. The van der Waals surface area contributed by atoms with Crippen LogP contribution in [0.25, 0.3) is 0 Å². The minimum absolute atomic E-state index is 0.473. The normalized spacial score (nSPS) is 34.9. The van der Waals surface area contributed by atoms with Crippen molar-refractivity contribution >= 4 is 5.78 Å². The van der Waals surface area contributed by atoms with E-state index >= 15 is 0 Å². The Bertz CT molecular complexity index is 328. The fraction of sp³-hybridized carbons (Fsp3) is 0.615. The van der Waals surface area contributed by atoms with Gasteiger partial charge in [-0.3, -0.25) is 9.69 Å². The van der Waals surface area contributed by atoms with Crippen LogP contribution >= 0.6 is 0 Å². The molecule has 2 unspecified atom stereocenters. The molecule has 2 aliphatic carbocycles. The van der Waals surface area contributed by atoms with Gasteiger partial charge in [-0.2, -0.15) is 0 Å². The molecular formula is C13H17NO. The lowest BCUT2D eigenvalue weighted by Gasteiger charge is -2.52. The molecule has 0 spiro atoms. The first-order valence-electron chi connectivity index (χ1n) is 5.96. The van der Waals surface area contributed by atoms with Crippen LogP contribution in [-0.2, 0) is 4.79 Å². The predicted molar refractivity (Wildman–Crippen MR) is 59.6 cm³/mol. The topological polar surface area (TPSA) is 20.3 Å². The molecule has 80 valence electrons. The number of ketones is 1. The summed E-state index contributed by atoms with van der Waals surface area (Å²) in [5.41, 5.74) is 1.45. The van der Waals surface area contributed by atoms with Crippen molar-refractivity contribution < 1.29 is 4.79 Å². The summed E-state index contributed by atoms with van der Waals surface area (Å²) in [7, 11) is 0. The molecule has 2 heteroatoms. The molecule has 0 aromatic carbocycles. The van der Waals surface area contributed by atoms with Crippen LogP contribution in [0.15, 0.2) is 23.8 Å². The van der Waals surface area contributed by atoms with Gasteiger partial charge in [-0.25, -0.2) is 0 Å². The van der Waals surface area contributed by atoms with Crippen molar-refractivity contribution in [3.63, 3.8) is 0 Å². The van der Waals surface area contributed by atoms with Crippen molar-refractivity contribution in [3.8, 4) is 0 Å². The Morgan fingerprint density at radius 1 is 1.27 bits per heavy atom. The third-order valence-electron chi connectivity index (χ3n) is 3.85. The molecule has 15 heavy (non-hydrogen) atoms. The lowest BCUT2D eigenvalue weighted by atomic mass is 9.78. The van der Waals surface area contributed by atoms with Gasteiger partial charge in [0.2, 0.25) is 0 Å². The molecule has 0 amide bonds. The average molecular weight is 203 g/mol. The van der Waals surface area contributed by atoms with E-state index in [9.17, 15) is 4.79 Å². The van der Waals surface area contributed by atoms with Crippen LogP contribution in [-0.4, -0.2) is 29.3 Å². The van der Waals surface area contributed by atoms with Crippen LogP contribution in [0.3, 0.4) is 0 Å². The first-order chi connectivity index (χ1) is 7.33. The van der Waals surface area contributed by atoms with Gasteiger partial charge in [0.15, 0.2) is 0 Å². The lowest BCUT2D eigenvalue weighted by molar-refractivity contribution is -0.132. The highest BCUT2D eigenvalue weighted by atomic mass is 16.1. The molecule has 0 N–H and O–H groups in total. The molecule has 2 bridgehead atoms. The van der Waals surface area contributed by atoms with Gasteiger partial charge in [-0.1, -0.05) is 18.2 Å². The number of rotatable bonds is 2. The van der Waals surface area contributed by atoms with Gasteiger partial charge < -0.3 is 0 Å². The van der Waals surface area contributed by atoms with Gasteiger partial charge in [0.1, 0.15) is 5.78 Å². The van der Waals surface area contributed by atoms with Crippen molar-refractivity contribution in [2.24, 2.45) is 0 Å². The molecule has 2 atom stereocenters. The summed E-state index contributed by atoms with van der Waals surface area (Å²) in [5, 5.41) is 0. The quantitative estimate of drug-likeness (QED) is 0.684. The molecule has 2 heterocycles. The van der Waals surface area contributed by atoms with Gasteiger partial charge in [0.25, 0.3) is 0 Å². The number of fused-ring (bicyclic) bond motifs is 2. The summed E-state index contributed by atoms with van der Waals surface area (Å²) in [6.45, 7) is 1.07. The lowest BCUT2D eigenvalue weighted by Crippen LogP contribution is -2.61. The van der Waals surface area contributed by atoms with Crippen LogP contribution in [0.5, 0.6) is 0 Å². The minimum Gasteiger partial charge on any atom is -0.300 e. The standard InChI is InChI=1S/C13H17NO/c15-13-7-11-6-12(8-13)14(11)9-10-4-2-1-3-5-10/h2,4-5,11-12H,1,3,6-9H2. The van der Waals surface area contributed by atoms with E-state index in [4.69, 9.17) is 0 Å². The van der Waals surface area contributed by atoms with Crippen molar-refractivity contribution in [2.75, 3.05) is 6.54 Å². The van der Waals surface area contributed by atoms with E-state index in [1.54, 1.807) is 0 Å². The predicted octanol–water partition coefficient (Wildman–Crippen LogP) is 2.07. The van der Waals surface area contributed by atoms with Crippen LogP contribution in [0.2, 0.25) is 0 Å². The third-order valence-corrected chi connectivity index (χ3v) is 3.85. The molecule has 0 radical (unpaired) electrons. The van der Waals surface area contributed by atoms with Crippen LogP contribution in [0, 0.1) is 0 Å². The summed E-state index contributed by atoms with van der Waals surface area (Å²) in [6.07, 6.45) is 12.1. The maximum Gasteiger partial charge on any atom is 0.136 e. The van der Waals surface area contributed by atoms with E-state index in [0.717, 1.165) is 19.4 Å². The van der Waals surface area contributed by atoms with Crippen molar-refractivity contribution in [1.29, 1.82) is 0 Å². The second kappa shape index (κ2) is 3.60. The summed E-state index contributed by atoms with van der Waals surface area (Å²) < 4.78 is 0. The second-order valence-corrected chi connectivity index (χ2v) is 4.92. The van der Waals surface area contributed by atoms with E-state index < -0.39 is 0 Å². The summed E-state index contributed by atoms with van der Waals surface area (Å²) in [5.74, 6) is 0.473. The van der Waals surface area contributed by atoms with E-state index in [0.29, 0.717) is 17.9 Å². The molecule has 2 aliphatic heterocycles. The molecular weight excluding hydrogens is 186 g/mol. The van der Waals surface area contributed by atoms with Crippen LogP contribution < -0.4 is 0 Å². The Morgan fingerprint density at radius 2 is 2.07 bits per heavy atom. The maximum atomic E-state index is 11.3. The van der Waals surface area contributed by atoms with E-state index in [2.05, 4.69) is 23.1 Å².